The van der Waals surface area contributed by atoms with Crippen molar-refractivity contribution in [3.8, 4) is 12.1 Å². The molecule has 1 atom stereocenters. The number of hydrogen-bond acceptors (Lipinski definition) is 3. The van der Waals surface area contributed by atoms with E-state index >= 15 is 0 Å². The van der Waals surface area contributed by atoms with Gasteiger partial charge in [0.1, 0.15) is 6.07 Å². The summed E-state index contributed by atoms with van der Waals surface area (Å²) in [6.07, 6.45) is 0.411. The van der Waals surface area contributed by atoms with Gasteiger partial charge in [-0.2, -0.15) is 10.5 Å². The number of rotatable bonds is 3. The van der Waals surface area contributed by atoms with E-state index in [9.17, 15) is 0 Å². The van der Waals surface area contributed by atoms with E-state index in [0.29, 0.717) is 17.0 Å². The van der Waals surface area contributed by atoms with Gasteiger partial charge in [0.2, 0.25) is 0 Å². The summed E-state index contributed by atoms with van der Waals surface area (Å²) >= 11 is 5.90. The lowest BCUT2D eigenvalue weighted by Gasteiger charge is -2.26. The second-order valence-electron chi connectivity index (χ2n) is 3.60. The van der Waals surface area contributed by atoms with E-state index in [2.05, 4.69) is 12.1 Å². The van der Waals surface area contributed by atoms with Crippen molar-refractivity contribution in [3.05, 3.63) is 28.8 Å². The lowest BCUT2D eigenvalue weighted by Crippen LogP contribution is -2.29. The zero-order chi connectivity index (χ0) is 12.1. The molecular formula is C12H12ClN3. The number of nitrogens with zero attached hydrogens (tertiary/aromatic N) is 3. The Balaban J connectivity index is 3.08. The molecular weight excluding hydrogens is 222 g/mol. The Kier molecular flexibility index (Phi) is 4.17. The van der Waals surface area contributed by atoms with Crippen LogP contribution >= 0.6 is 11.6 Å². The first-order valence-corrected chi connectivity index (χ1v) is 5.27. The molecule has 0 aliphatic carbocycles. The summed E-state index contributed by atoms with van der Waals surface area (Å²) < 4.78 is 0. The van der Waals surface area contributed by atoms with Crippen LogP contribution in [0.25, 0.3) is 0 Å². The molecule has 16 heavy (non-hydrogen) atoms. The van der Waals surface area contributed by atoms with E-state index in [-0.39, 0.29) is 6.04 Å². The molecule has 0 saturated heterocycles. The number of halogens is 1. The summed E-state index contributed by atoms with van der Waals surface area (Å²) in [6, 6.07) is 9.40. The minimum absolute atomic E-state index is 0.0515. The molecule has 4 heteroatoms. The third-order valence-corrected chi connectivity index (χ3v) is 2.74. The van der Waals surface area contributed by atoms with Gasteiger partial charge in [0.25, 0.3) is 0 Å². The Morgan fingerprint density at radius 3 is 2.69 bits per heavy atom. The van der Waals surface area contributed by atoms with Crippen molar-refractivity contribution in [2.75, 3.05) is 11.9 Å². The molecule has 0 aliphatic rings. The third-order valence-electron chi connectivity index (χ3n) is 2.51. The van der Waals surface area contributed by atoms with Gasteiger partial charge in [-0.25, -0.2) is 0 Å². The highest BCUT2D eigenvalue weighted by Gasteiger charge is 2.13. The maximum absolute atomic E-state index is 8.99. The number of nitriles is 2. The third kappa shape index (κ3) is 2.66. The molecule has 0 saturated carbocycles. The minimum atomic E-state index is 0.0515. The number of hydrogen-bond donors (Lipinski definition) is 0. The SMILES string of the molecule is CC(CC#N)N(C)c1cc(Cl)ccc1C#N. The standard InChI is InChI=1S/C12H12ClN3/c1-9(5-6-14)16(2)12-7-11(13)4-3-10(12)8-15/h3-4,7,9H,5H2,1-2H3. The van der Waals surface area contributed by atoms with Gasteiger partial charge >= 0.3 is 0 Å². The summed E-state index contributed by atoms with van der Waals surface area (Å²) in [5.41, 5.74) is 1.33. The molecule has 82 valence electrons. The molecule has 1 unspecified atom stereocenters. The molecule has 0 spiro atoms. The molecule has 0 aliphatic heterocycles. The zero-order valence-electron chi connectivity index (χ0n) is 9.24. The van der Waals surface area contributed by atoms with Crippen LogP contribution in [-0.2, 0) is 0 Å². The highest BCUT2D eigenvalue weighted by molar-refractivity contribution is 6.30. The average Bonchev–Trinajstić information content (AvgIpc) is 2.28. The predicted molar refractivity (Wildman–Crippen MR) is 64.3 cm³/mol. The van der Waals surface area contributed by atoms with E-state index in [1.165, 1.54) is 0 Å². The van der Waals surface area contributed by atoms with Crippen molar-refractivity contribution in [3.63, 3.8) is 0 Å². The maximum atomic E-state index is 8.99. The van der Waals surface area contributed by atoms with Crippen LogP contribution in [0.1, 0.15) is 18.9 Å². The number of benzene rings is 1. The fourth-order valence-electron chi connectivity index (χ4n) is 1.40. The smallest absolute Gasteiger partial charge is 0.101 e. The molecule has 3 nitrogen and oxygen atoms in total. The Bertz CT molecular complexity index is 456. The zero-order valence-corrected chi connectivity index (χ0v) is 9.99. The Labute approximate surface area is 100 Å². The summed E-state index contributed by atoms with van der Waals surface area (Å²) in [4.78, 5) is 1.90. The molecule has 0 N–H and O–H groups in total. The molecule has 0 aromatic heterocycles. The first-order valence-electron chi connectivity index (χ1n) is 4.89. The first-order chi connectivity index (χ1) is 7.60. The van der Waals surface area contributed by atoms with Crippen LogP contribution in [-0.4, -0.2) is 13.1 Å². The second kappa shape index (κ2) is 5.39. The molecule has 0 heterocycles. The van der Waals surface area contributed by atoms with E-state index in [0.717, 1.165) is 5.69 Å². The van der Waals surface area contributed by atoms with Crippen LogP contribution in [0.15, 0.2) is 18.2 Å². The highest BCUT2D eigenvalue weighted by atomic mass is 35.5. The molecule has 0 bridgehead atoms. The maximum Gasteiger partial charge on any atom is 0.101 e. The normalized spacial score (nSPS) is 11.3. The summed E-state index contributed by atoms with van der Waals surface area (Å²) in [5.74, 6) is 0. The van der Waals surface area contributed by atoms with Crippen LogP contribution in [0, 0.1) is 22.7 Å². The van der Waals surface area contributed by atoms with E-state index in [1.807, 2.05) is 18.9 Å². The van der Waals surface area contributed by atoms with Gasteiger partial charge in [-0.05, 0) is 25.1 Å². The van der Waals surface area contributed by atoms with Gasteiger partial charge in [-0.3, -0.25) is 0 Å². The van der Waals surface area contributed by atoms with E-state index in [4.69, 9.17) is 22.1 Å². The summed E-state index contributed by atoms with van der Waals surface area (Å²) in [7, 11) is 1.86. The topological polar surface area (TPSA) is 50.8 Å². The summed E-state index contributed by atoms with van der Waals surface area (Å²) in [6.45, 7) is 1.94. The van der Waals surface area contributed by atoms with Crippen LogP contribution in [0.5, 0.6) is 0 Å². The first kappa shape index (κ1) is 12.4. The fourth-order valence-corrected chi connectivity index (χ4v) is 1.56. The Morgan fingerprint density at radius 1 is 1.44 bits per heavy atom. The van der Waals surface area contributed by atoms with Gasteiger partial charge in [-0.15, -0.1) is 0 Å². The molecule has 0 amide bonds. The largest absolute Gasteiger partial charge is 0.370 e. The van der Waals surface area contributed by atoms with Crippen LogP contribution in [0.2, 0.25) is 5.02 Å². The van der Waals surface area contributed by atoms with Crippen molar-refractivity contribution in [2.24, 2.45) is 0 Å². The van der Waals surface area contributed by atoms with E-state index in [1.54, 1.807) is 18.2 Å². The monoisotopic (exact) mass is 233 g/mol. The van der Waals surface area contributed by atoms with Gasteiger partial charge < -0.3 is 4.90 Å². The van der Waals surface area contributed by atoms with Crippen molar-refractivity contribution in [1.29, 1.82) is 10.5 Å². The quantitative estimate of drug-likeness (QED) is 0.807. The van der Waals surface area contributed by atoms with Crippen molar-refractivity contribution in [1.82, 2.24) is 0 Å². The molecule has 1 rings (SSSR count). The van der Waals surface area contributed by atoms with Gasteiger partial charge in [-0.1, -0.05) is 11.6 Å². The lowest BCUT2D eigenvalue weighted by atomic mass is 10.1. The number of anilines is 1. The van der Waals surface area contributed by atoms with Gasteiger partial charge in [0.15, 0.2) is 0 Å². The highest BCUT2D eigenvalue weighted by Crippen LogP contribution is 2.25. The molecule has 0 fully saturated rings. The summed E-state index contributed by atoms with van der Waals surface area (Å²) in [5, 5.41) is 18.2. The van der Waals surface area contributed by atoms with Crippen LogP contribution in [0.4, 0.5) is 5.69 Å². The van der Waals surface area contributed by atoms with Gasteiger partial charge in [0, 0.05) is 18.1 Å². The van der Waals surface area contributed by atoms with Crippen molar-refractivity contribution >= 4 is 17.3 Å². The van der Waals surface area contributed by atoms with Crippen LogP contribution in [0.3, 0.4) is 0 Å². The van der Waals surface area contributed by atoms with Gasteiger partial charge in [0.05, 0.1) is 23.7 Å². The molecule has 1 aromatic carbocycles. The van der Waals surface area contributed by atoms with E-state index < -0.39 is 0 Å². The van der Waals surface area contributed by atoms with Crippen molar-refractivity contribution in [2.45, 2.75) is 19.4 Å². The predicted octanol–water partition coefficient (Wildman–Crippen LogP) is 2.95. The van der Waals surface area contributed by atoms with Crippen molar-refractivity contribution < 1.29 is 0 Å². The average molecular weight is 234 g/mol. The minimum Gasteiger partial charge on any atom is -0.370 e. The second-order valence-corrected chi connectivity index (χ2v) is 4.03. The van der Waals surface area contributed by atoms with Crippen LogP contribution < -0.4 is 4.90 Å². The molecule has 0 radical (unpaired) electrons. The Hall–Kier alpha value is -1.71. The Morgan fingerprint density at radius 2 is 2.12 bits per heavy atom. The fraction of sp³-hybridized carbons (Fsp3) is 0.333. The molecule has 1 aromatic rings. The lowest BCUT2D eigenvalue weighted by molar-refractivity contribution is 0.702.